The maximum Gasteiger partial charge on any atom is 0.408 e. The van der Waals surface area contributed by atoms with E-state index in [4.69, 9.17) is 10.5 Å². The van der Waals surface area contributed by atoms with Crippen LogP contribution in [0.1, 0.15) is 68.8 Å². The predicted octanol–water partition coefficient (Wildman–Crippen LogP) is 4.30. The summed E-state index contributed by atoms with van der Waals surface area (Å²) in [6, 6.07) is 10.9. The van der Waals surface area contributed by atoms with E-state index in [1.54, 1.807) is 33.8 Å². The monoisotopic (exact) mass is 524 g/mol. The zero-order valence-electron chi connectivity index (χ0n) is 23.4. The number of nitrogens with two attached hydrogens (primary N) is 1. The molecule has 2 aromatic carbocycles. The first kappa shape index (κ1) is 30.3. The van der Waals surface area contributed by atoms with E-state index in [9.17, 15) is 19.2 Å². The normalized spacial score (nSPS) is 12.7. The average Bonchev–Trinajstić information content (AvgIpc) is 2.81. The number of aryl methyl sites for hydroxylation is 3. The second kappa shape index (κ2) is 13.1. The molecule has 2 unspecified atom stereocenters. The van der Waals surface area contributed by atoms with Crippen LogP contribution in [0.2, 0.25) is 0 Å². The van der Waals surface area contributed by atoms with Crippen LogP contribution >= 0.6 is 0 Å². The van der Waals surface area contributed by atoms with Crippen LogP contribution in [0.15, 0.2) is 42.5 Å². The molecule has 2 rings (SSSR count). The van der Waals surface area contributed by atoms with E-state index < -0.39 is 41.5 Å². The number of alkyl carbamates (subject to hydrolysis) is 1. The number of carbonyl (C=O) groups is 4. The molecular weight excluding hydrogens is 484 g/mol. The van der Waals surface area contributed by atoms with Crippen molar-refractivity contribution in [2.24, 2.45) is 5.73 Å². The van der Waals surface area contributed by atoms with E-state index in [0.717, 1.165) is 16.7 Å². The number of hydrogen-bond donors (Lipinski definition) is 3. The first-order chi connectivity index (χ1) is 17.7. The van der Waals surface area contributed by atoms with E-state index in [0.29, 0.717) is 11.3 Å². The van der Waals surface area contributed by atoms with E-state index in [2.05, 4.69) is 10.6 Å². The maximum atomic E-state index is 13.9. The van der Waals surface area contributed by atoms with Gasteiger partial charge in [-0.05, 0) is 83.2 Å². The zero-order chi connectivity index (χ0) is 28.6. The lowest BCUT2D eigenvalue weighted by Gasteiger charge is -2.34. The molecular formula is C29H40N4O5. The van der Waals surface area contributed by atoms with Crippen molar-refractivity contribution >= 4 is 29.5 Å². The van der Waals surface area contributed by atoms with Gasteiger partial charge in [-0.25, -0.2) is 4.79 Å². The van der Waals surface area contributed by atoms with Crippen LogP contribution in [0.3, 0.4) is 0 Å². The highest BCUT2D eigenvalue weighted by molar-refractivity contribution is 5.99. The van der Waals surface area contributed by atoms with Crippen LogP contribution in [0.4, 0.5) is 10.5 Å². The van der Waals surface area contributed by atoms with Gasteiger partial charge in [-0.15, -0.1) is 0 Å². The number of nitrogens with zero attached hydrogens (tertiary/aromatic N) is 1. The fourth-order valence-corrected chi connectivity index (χ4v) is 3.98. The lowest BCUT2D eigenvalue weighted by Crippen LogP contribution is -2.52. The summed E-state index contributed by atoms with van der Waals surface area (Å²) in [5.74, 6) is -1.54. The van der Waals surface area contributed by atoms with Crippen molar-refractivity contribution in [1.82, 2.24) is 10.2 Å². The van der Waals surface area contributed by atoms with Crippen molar-refractivity contribution in [3.05, 3.63) is 64.7 Å². The number of likely N-dealkylation sites (N-methyl/N-ethyl adjacent to an activating group) is 1. The Morgan fingerprint density at radius 3 is 2.18 bits per heavy atom. The minimum absolute atomic E-state index is 0.0387. The summed E-state index contributed by atoms with van der Waals surface area (Å²) in [5, 5.41) is 5.53. The summed E-state index contributed by atoms with van der Waals surface area (Å²) in [6.07, 6.45) is -0.973. The first-order valence-electron chi connectivity index (χ1n) is 12.8. The molecule has 0 aliphatic carbocycles. The topological polar surface area (TPSA) is 131 Å². The van der Waals surface area contributed by atoms with Crippen LogP contribution < -0.4 is 16.4 Å². The molecule has 206 valence electrons. The molecule has 9 nitrogen and oxygen atoms in total. The molecule has 0 aromatic heterocycles. The van der Waals surface area contributed by atoms with Gasteiger partial charge in [0.1, 0.15) is 17.7 Å². The lowest BCUT2D eigenvalue weighted by atomic mass is 9.97. The quantitative estimate of drug-likeness (QED) is 0.427. The SMILES string of the molecule is CCN(C(=O)C(CCC(N)=O)NC(=O)OC(C)(C)C)C(C(=O)Nc1ccccc1C)c1ccc(C)c(C)c1. The van der Waals surface area contributed by atoms with E-state index in [-0.39, 0.29) is 19.4 Å². The Bertz CT molecular complexity index is 1170. The van der Waals surface area contributed by atoms with Gasteiger partial charge in [0.05, 0.1) is 0 Å². The number of anilines is 1. The Balaban J connectivity index is 2.50. The first-order valence-corrected chi connectivity index (χ1v) is 12.8. The molecule has 0 spiro atoms. The molecule has 0 bridgehead atoms. The van der Waals surface area contributed by atoms with Gasteiger partial charge in [-0.1, -0.05) is 36.4 Å². The Morgan fingerprint density at radius 2 is 1.63 bits per heavy atom. The van der Waals surface area contributed by atoms with Crippen LogP contribution in [-0.2, 0) is 19.1 Å². The molecule has 0 heterocycles. The van der Waals surface area contributed by atoms with Gasteiger partial charge in [0.25, 0.3) is 5.91 Å². The molecule has 2 aromatic rings. The molecule has 0 aliphatic rings. The van der Waals surface area contributed by atoms with E-state index >= 15 is 0 Å². The Labute approximate surface area is 225 Å². The molecule has 0 radical (unpaired) electrons. The number of para-hydroxylation sites is 1. The zero-order valence-corrected chi connectivity index (χ0v) is 23.4. The number of nitrogens with one attached hydrogen (secondary N) is 2. The van der Waals surface area contributed by atoms with Gasteiger partial charge >= 0.3 is 6.09 Å². The molecule has 0 fully saturated rings. The Hall–Kier alpha value is -3.88. The van der Waals surface area contributed by atoms with Crippen LogP contribution in [0.5, 0.6) is 0 Å². The summed E-state index contributed by atoms with van der Waals surface area (Å²) in [7, 11) is 0. The van der Waals surface area contributed by atoms with Crippen LogP contribution in [0.25, 0.3) is 0 Å². The van der Waals surface area contributed by atoms with Crippen molar-refractivity contribution in [1.29, 1.82) is 0 Å². The molecule has 4 N–H and O–H groups in total. The van der Waals surface area contributed by atoms with Gasteiger partial charge in [0, 0.05) is 18.7 Å². The molecule has 9 heteroatoms. The third-order valence-electron chi connectivity index (χ3n) is 6.10. The highest BCUT2D eigenvalue weighted by atomic mass is 16.6. The van der Waals surface area contributed by atoms with Crippen molar-refractivity contribution in [3.63, 3.8) is 0 Å². The van der Waals surface area contributed by atoms with Crippen molar-refractivity contribution < 1.29 is 23.9 Å². The Kier molecular flexibility index (Phi) is 10.4. The highest BCUT2D eigenvalue weighted by Gasteiger charge is 2.36. The standard InChI is InChI=1S/C29H40N4O5/c1-8-33(27(36)23(15-16-24(30)34)32-28(37)38-29(5,6)7)25(21-14-13-18(2)20(4)17-21)26(35)31-22-12-10-9-11-19(22)3/h9-14,17,23,25H,8,15-16H2,1-7H3,(H2,30,34)(H,31,35)(H,32,37). The third-order valence-corrected chi connectivity index (χ3v) is 6.10. The van der Waals surface area contributed by atoms with Gasteiger partial charge in [-0.3, -0.25) is 14.4 Å². The summed E-state index contributed by atoms with van der Waals surface area (Å²) in [5.41, 5.74) is 8.70. The second-order valence-corrected chi connectivity index (χ2v) is 10.4. The number of carbonyl (C=O) groups excluding carboxylic acids is 4. The molecule has 0 saturated carbocycles. The van der Waals surface area contributed by atoms with Gasteiger partial charge in [-0.2, -0.15) is 0 Å². The van der Waals surface area contributed by atoms with Gasteiger partial charge in [0.2, 0.25) is 11.8 Å². The number of ether oxygens (including phenoxy) is 1. The number of rotatable bonds is 10. The summed E-state index contributed by atoms with van der Waals surface area (Å²) >= 11 is 0. The highest BCUT2D eigenvalue weighted by Crippen LogP contribution is 2.27. The molecule has 38 heavy (non-hydrogen) atoms. The van der Waals surface area contributed by atoms with Crippen molar-refractivity contribution in [2.75, 3.05) is 11.9 Å². The second-order valence-electron chi connectivity index (χ2n) is 10.4. The fourth-order valence-electron chi connectivity index (χ4n) is 3.98. The largest absolute Gasteiger partial charge is 0.444 e. The smallest absolute Gasteiger partial charge is 0.408 e. The van der Waals surface area contributed by atoms with Crippen LogP contribution in [-0.4, -0.2) is 46.9 Å². The fraction of sp³-hybridized carbons (Fsp3) is 0.448. The van der Waals surface area contributed by atoms with Gasteiger partial charge in [0.15, 0.2) is 0 Å². The number of hydrogen-bond acceptors (Lipinski definition) is 5. The Morgan fingerprint density at radius 1 is 0.974 bits per heavy atom. The number of benzene rings is 2. The molecule has 2 atom stereocenters. The third kappa shape index (κ3) is 8.61. The average molecular weight is 525 g/mol. The summed E-state index contributed by atoms with van der Waals surface area (Å²) in [6.45, 7) is 12.8. The number of amides is 4. The summed E-state index contributed by atoms with van der Waals surface area (Å²) in [4.78, 5) is 53.2. The minimum Gasteiger partial charge on any atom is -0.444 e. The van der Waals surface area contributed by atoms with Crippen molar-refractivity contribution in [2.45, 2.75) is 79.0 Å². The van der Waals surface area contributed by atoms with Gasteiger partial charge < -0.3 is 26.0 Å². The molecule has 0 aliphatic heterocycles. The number of primary amides is 1. The molecule has 0 saturated heterocycles. The van der Waals surface area contributed by atoms with E-state index in [1.807, 2.05) is 57.2 Å². The minimum atomic E-state index is -1.13. The van der Waals surface area contributed by atoms with Crippen molar-refractivity contribution in [3.8, 4) is 0 Å². The molecule has 4 amide bonds. The maximum absolute atomic E-state index is 13.9. The summed E-state index contributed by atoms with van der Waals surface area (Å²) < 4.78 is 5.34. The van der Waals surface area contributed by atoms with E-state index in [1.165, 1.54) is 4.90 Å². The lowest BCUT2D eigenvalue weighted by molar-refractivity contribution is -0.140. The predicted molar refractivity (Wildman–Crippen MR) is 147 cm³/mol. The van der Waals surface area contributed by atoms with Crippen LogP contribution in [0, 0.1) is 20.8 Å².